The van der Waals surface area contributed by atoms with Gasteiger partial charge >= 0.3 is 0 Å². The zero-order valence-electron chi connectivity index (χ0n) is 16.2. The number of halogens is 1. The van der Waals surface area contributed by atoms with Crippen LogP contribution in [0.4, 0.5) is 0 Å². The van der Waals surface area contributed by atoms with Gasteiger partial charge in [-0.15, -0.1) is 0 Å². The molecule has 7 heteroatoms. The first-order valence-corrected chi connectivity index (χ1v) is 10.7. The van der Waals surface area contributed by atoms with E-state index in [-0.39, 0.29) is 11.9 Å². The van der Waals surface area contributed by atoms with Crippen molar-refractivity contribution in [1.82, 2.24) is 25.1 Å². The molecule has 0 saturated carbocycles. The summed E-state index contributed by atoms with van der Waals surface area (Å²) in [5.41, 5.74) is 4.44. The zero-order chi connectivity index (χ0) is 20.5. The quantitative estimate of drug-likeness (QED) is 0.435. The number of hydrogen-bond acceptors (Lipinski definition) is 3. The number of hydrogen-bond donors (Lipinski definition) is 2. The van der Waals surface area contributed by atoms with Gasteiger partial charge in [-0.05, 0) is 24.1 Å². The number of carbonyl (C=O) groups is 1. The van der Waals surface area contributed by atoms with Crippen LogP contribution in [-0.2, 0) is 6.42 Å². The van der Waals surface area contributed by atoms with E-state index in [1.807, 2.05) is 53.6 Å². The van der Waals surface area contributed by atoms with Crippen molar-refractivity contribution in [3.8, 4) is 11.3 Å². The van der Waals surface area contributed by atoms with Crippen LogP contribution in [0.25, 0.3) is 11.3 Å². The van der Waals surface area contributed by atoms with Crippen molar-refractivity contribution >= 4 is 21.8 Å². The third-order valence-electron chi connectivity index (χ3n) is 5.46. The van der Waals surface area contributed by atoms with Crippen LogP contribution < -0.4 is 0 Å². The molecule has 5 rings (SSSR count). The van der Waals surface area contributed by atoms with Crippen LogP contribution in [-0.4, -0.2) is 37.5 Å². The second kappa shape index (κ2) is 7.91. The number of imidazole rings is 1. The van der Waals surface area contributed by atoms with Gasteiger partial charge in [-0.2, -0.15) is 5.10 Å². The molecule has 0 fully saturated rings. The Morgan fingerprint density at radius 1 is 1.07 bits per heavy atom. The first kappa shape index (κ1) is 18.8. The average molecular weight is 462 g/mol. The zero-order valence-corrected chi connectivity index (χ0v) is 17.8. The highest BCUT2D eigenvalue weighted by Crippen LogP contribution is 2.42. The molecule has 0 saturated heterocycles. The SMILES string of the molecule is O=C1c2[nH]nc(-c3ccccc3)c2C(c2ccc(Br)cc2)N1CCCc1ncc[nH]1. The molecule has 2 aromatic carbocycles. The van der Waals surface area contributed by atoms with Crippen molar-refractivity contribution in [3.05, 3.63) is 94.1 Å². The van der Waals surface area contributed by atoms with Crippen molar-refractivity contribution in [1.29, 1.82) is 0 Å². The standard InChI is InChI=1S/C23H20BrN5O/c24-17-10-8-16(9-11-17)22-19-20(15-5-2-1-3-6-15)27-28-21(19)23(30)29(22)14-4-7-18-25-12-13-26-18/h1-3,5-6,8-13,22H,4,7,14H2,(H,25,26)(H,27,28). The minimum atomic E-state index is -0.175. The Kier molecular flexibility index (Phi) is 4.96. The molecule has 1 amide bonds. The fraction of sp³-hybridized carbons (Fsp3) is 0.174. The third-order valence-corrected chi connectivity index (χ3v) is 5.99. The van der Waals surface area contributed by atoms with E-state index in [0.717, 1.165) is 45.5 Å². The number of benzene rings is 2. The smallest absolute Gasteiger partial charge is 0.273 e. The lowest BCUT2D eigenvalue weighted by Gasteiger charge is -2.26. The number of H-pyrrole nitrogens is 2. The summed E-state index contributed by atoms with van der Waals surface area (Å²) in [6.07, 6.45) is 5.19. The average Bonchev–Trinajstić information content (AvgIpc) is 3.49. The van der Waals surface area contributed by atoms with Crippen molar-refractivity contribution in [2.45, 2.75) is 18.9 Å². The van der Waals surface area contributed by atoms with Gasteiger partial charge in [0.1, 0.15) is 11.5 Å². The van der Waals surface area contributed by atoms with Crippen LogP contribution in [0, 0.1) is 0 Å². The van der Waals surface area contributed by atoms with E-state index < -0.39 is 0 Å². The molecule has 30 heavy (non-hydrogen) atoms. The van der Waals surface area contributed by atoms with Gasteiger partial charge in [-0.1, -0.05) is 58.4 Å². The maximum Gasteiger partial charge on any atom is 0.273 e. The number of carbonyl (C=O) groups excluding carboxylic acids is 1. The number of nitrogens with one attached hydrogen (secondary N) is 2. The Morgan fingerprint density at radius 2 is 1.87 bits per heavy atom. The van der Waals surface area contributed by atoms with Crippen LogP contribution in [0.15, 0.2) is 71.5 Å². The van der Waals surface area contributed by atoms with Crippen LogP contribution >= 0.6 is 15.9 Å². The highest BCUT2D eigenvalue weighted by molar-refractivity contribution is 9.10. The third kappa shape index (κ3) is 3.35. The Morgan fingerprint density at radius 3 is 2.60 bits per heavy atom. The molecule has 0 bridgehead atoms. The Hall–Kier alpha value is -3.19. The molecule has 0 aliphatic carbocycles. The maximum atomic E-state index is 13.3. The lowest BCUT2D eigenvalue weighted by molar-refractivity contribution is 0.0741. The Labute approximate surface area is 182 Å². The molecule has 1 aliphatic heterocycles. The van der Waals surface area contributed by atoms with Crippen LogP contribution in [0.5, 0.6) is 0 Å². The highest BCUT2D eigenvalue weighted by atomic mass is 79.9. The summed E-state index contributed by atoms with van der Waals surface area (Å²) < 4.78 is 1.01. The number of amides is 1. The summed E-state index contributed by atoms with van der Waals surface area (Å²) in [6.45, 7) is 0.636. The topological polar surface area (TPSA) is 77.7 Å². The van der Waals surface area contributed by atoms with Crippen molar-refractivity contribution < 1.29 is 4.79 Å². The van der Waals surface area contributed by atoms with Crippen molar-refractivity contribution in [2.75, 3.05) is 6.54 Å². The van der Waals surface area contributed by atoms with Gasteiger partial charge in [0.15, 0.2) is 0 Å². The molecule has 6 nitrogen and oxygen atoms in total. The van der Waals surface area contributed by atoms with Gasteiger partial charge in [0, 0.05) is 41.0 Å². The summed E-state index contributed by atoms with van der Waals surface area (Å²) in [5.74, 6) is 0.930. The van der Waals surface area contributed by atoms with Crippen LogP contribution in [0.3, 0.4) is 0 Å². The predicted molar refractivity (Wildman–Crippen MR) is 118 cm³/mol. The van der Waals surface area contributed by atoms with Crippen LogP contribution in [0.2, 0.25) is 0 Å². The fourth-order valence-corrected chi connectivity index (χ4v) is 4.35. The lowest BCUT2D eigenvalue weighted by atomic mass is 9.96. The Balaban J connectivity index is 1.52. The van der Waals surface area contributed by atoms with E-state index in [4.69, 9.17) is 0 Å². The van der Waals surface area contributed by atoms with E-state index in [1.165, 1.54) is 0 Å². The summed E-state index contributed by atoms with van der Waals surface area (Å²) in [6, 6.07) is 18.0. The van der Waals surface area contributed by atoms with E-state index in [9.17, 15) is 4.79 Å². The van der Waals surface area contributed by atoms with E-state index in [1.54, 1.807) is 6.20 Å². The molecule has 0 spiro atoms. The molecule has 1 unspecified atom stereocenters. The lowest BCUT2D eigenvalue weighted by Crippen LogP contribution is -2.30. The largest absolute Gasteiger partial charge is 0.349 e. The summed E-state index contributed by atoms with van der Waals surface area (Å²) in [5, 5.41) is 7.52. The maximum absolute atomic E-state index is 13.3. The molecule has 4 aromatic rings. The summed E-state index contributed by atoms with van der Waals surface area (Å²) in [7, 11) is 0. The first-order chi connectivity index (χ1) is 14.7. The molecule has 2 aromatic heterocycles. The van der Waals surface area contributed by atoms with Gasteiger partial charge in [0.2, 0.25) is 0 Å². The molecule has 1 atom stereocenters. The molecule has 1 aliphatic rings. The molecule has 150 valence electrons. The van der Waals surface area contributed by atoms with E-state index >= 15 is 0 Å². The predicted octanol–water partition coefficient (Wildman–Crippen LogP) is 4.74. The highest BCUT2D eigenvalue weighted by Gasteiger charge is 2.41. The number of aromatic nitrogens is 4. The number of nitrogens with zero attached hydrogens (tertiary/aromatic N) is 3. The van der Waals surface area contributed by atoms with E-state index in [0.29, 0.717) is 12.2 Å². The van der Waals surface area contributed by atoms with Gasteiger partial charge in [0.05, 0.1) is 11.7 Å². The minimum Gasteiger partial charge on any atom is -0.349 e. The second-order valence-corrected chi connectivity index (χ2v) is 8.23. The van der Waals surface area contributed by atoms with Gasteiger partial charge in [-0.3, -0.25) is 9.89 Å². The summed E-state index contributed by atoms with van der Waals surface area (Å²) >= 11 is 3.51. The van der Waals surface area contributed by atoms with Crippen molar-refractivity contribution in [3.63, 3.8) is 0 Å². The second-order valence-electron chi connectivity index (χ2n) is 7.32. The molecule has 3 heterocycles. The molecule has 2 N–H and O–H groups in total. The molecule has 0 radical (unpaired) electrons. The van der Waals surface area contributed by atoms with Crippen molar-refractivity contribution in [2.24, 2.45) is 0 Å². The molecular formula is C23H20BrN5O. The van der Waals surface area contributed by atoms with Gasteiger partial charge in [-0.25, -0.2) is 4.98 Å². The monoisotopic (exact) mass is 461 g/mol. The Bertz CT molecular complexity index is 1150. The number of fused-ring (bicyclic) bond motifs is 1. The van der Waals surface area contributed by atoms with E-state index in [2.05, 4.69) is 48.2 Å². The van der Waals surface area contributed by atoms with Crippen LogP contribution in [0.1, 0.15) is 39.9 Å². The first-order valence-electron chi connectivity index (χ1n) is 9.91. The fourth-order valence-electron chi connectivity index (χ4n) is 4.09. The number of aromatic amines is 2. The minimum absolute atomic E-state index is 0.00737. The molecular weight excluding hydrogens is 442 g/mol. The normalized spacial score (nSPS) is 15.6. The summed E-state index contributed by atoms with van der Waals surface area (Å²) in [4.78, 5) is 22.7. The number of rotatable bonds is 6. The number of aryl methyl sites for hydroxylation is 1. The van der Waals surface area contributed by atoms with Gasteiger partial charge in [0.25, 0.3) is 5.91 Å². The van der Waals surface area contributed by atoms with Gasteiger partial charge < -0.3 is 9.88 Å².